The van der Waals surface area contributed by atoms with Crippen LogP contribution in [0.2, 0.25) is 0 Å². The SMILES string of the molecule is Bc1ccc2[nH]c(C=O)cc2c1. The van der Waals surface area contributed by atoms with Gasteiger partial charge >= 0.3 is 0 Å². The second-order valence-electron chi connectivity index (χ2n) is 2.93. The molecule has 12 heavy (non-hydrogen) atoms. The van der Waals surface area contributed by atoms with Gasteiger partial charge in [0, 0.05) is 5.52 Å². The van der Waals surface area contributed by atoms with Crippen molar-refractivity contribution in [1.82, 2.24) is 4.98 Å². The van der Waals surface area contributed by atoms with Crippen LogP contribution in [0.15, 0.2) is 24.3 Å². The van der Waals surface area contributed by atoms with E-state index in [9.17, 15) is 4.79 Å². The number of hydrogen-bond donors (Lipinski definition) is 1. The van der Waals surface area contributed by atoms with E-state index in [0.29, 0.717) is 5.69 Å². The molecule has 1 heterocycles. The highest BCUT2D eigenvalue weighted by Crippen LogP contribution is 2.11. The van der Waals surface area contributed by atoms with Gasteiger partial charge in [0.2, 0.25) is 0 Å². The summed E-state index contributed by atoms with van der Waals surface area (Å²) in [5.41, 5.74) is 2.86. The molecule has 0 spiro atoms. The van der Waals surface area contributed by atoms with E-state index in [2.05, 4.69) is 11.1 Å². The summed E-state index contributed by atoms with van der Waals surface area (Å²) < 4.78 is 0. The van der Waals surface area contributed by atoms with Crippen molar-refractivity contribution in [3.8, 4) is 0 Å². The van der Waals surface area contributed by atoms with Crippen molar-refractivity contribution in [3.05, 3.63) is 30.0 Å². The summed E-state index contributed by atoms with van der Waals surface area (Å²) in [5.74, 6) is 0. The molecule has 0 aliphatic carbocycles. The second kappa shape index (κ2) is 2.52. The van der Waals surface area contributed by atoms with Crippen LogP contribution < -0.4 is 5.46 Å². The van der Waals surface area contributed by atoms with E-state index < -0.39 is 0 Å². The first-order chi connectivity index (χ1) is 5.79. The molecule has 0 fully saturated rings. The van der Waals surface area contributed by atoms with Crippen LogP contribution in [-0.2, 0) is 0 Å². The fourth-order valence-electron chi connectivity index (χ4n) is 1.34. The second-order valence-corrected chi connectivity index (χ2v) is 2.93. The molecule has 1 aromatic heterocycles. The summed E-state index contributed by atoms with van der Waals surface area (Å²) in [5, 5.41) is 1.09. The van der Waals surface area contributed by atoms with Gasteiger partial charge in [0.25, 0.3) is 0 Å². The lowest BCUT2D eigenvalue weighted by atomic mass is 9.95. The van der Waals surface area contributed by atoms with E-state index in [1.807, 2.05) is 26.0 Å². The Balaban J connectivity index is 2.75. The Morgan fingerprint density at radius 1 is 1.33 bits per heavy atom. The summed E-state index contributed by atoms with van der Waals surface area (Å²) in [4.78, 5) is 13.4. The van der Waals surface area contributed by atoms with Crippen molar-refractivity contribution in [3.63, 3.8) is 0 Å². The van der Waals surface area contributed by atoms with Gasteiger partial charge in [0.1, 0.15) is 7.85 Å². The minimum atomic E-state index is 0.635. The molecular formula is C9H8BNO. The van der Waals surface area contributed by atoms with Crippen molar-refractivity contribution in [2.24, 2.45) is 0 Å². The Labute approximate surface area is 71.0 Å². The van der Waals surface area contributed by atoms with E-state index in [4.69, 9.17) is 0 Å². The number of rotatable bonds is 1. The van der Waals surface area contributed by atoms with Gasteiger partial charge in [-0.1, -0.05) is 17.6 Å². The van der Waals surface area contributed by atoms with Gasteiger partial charge < -0.3 is 4.98 Å². The maximum absolute atomic E-state index is 10.4. The molecule has 0 aliphatic heterocycles. The fraction of sp³-hybridized carbons (Fsp3) is 0. The number of carbonyl (C=O) groups is 1. The first-order valence-electron chi connectivity index (χ1n) is 3.84. The molecule has 0 unspecified atom stereocenters. The third-order valence-corrected chi connectivity index (χ3v) is 1.92. The molecule has 58 valence electrons. The normalized spacial score (nSPS) is 10.3. The lowest BCUT2D eigenvalue weighted by Crippen LogP contribution is -1.98. The molecule has 0 aliphatic rings. The number of aromatic amines is 1. The lowest BCUT2D eigenvalue weighted by Gasteiger charge is -1.90. The summed E-state index contributed by atoms with van der Waals surface area (Å²) in [7, 11) is 2.03. The summed E-state index contributed by atoms with van der Waals surface area (Å²) in [6, 6.07) is 7.92. The number of nitrogens with one attached hydrogen (secondary N) is 1. The predicted octanol–water partition coefficient (Wildman–Crippen LogP) is 0.239. The number of aldehydes is 1. The Hall–Kier alpha value is -1.51. The molecular weight excluding hydrogens is 149 g/mol. The Bertz CT molecular complexity index is 433. The number of carbonyl (C=O) groups excluding carboxylic acids is 1. The van der Waals surface area contributed by atoms with Gasteiger partial charge in [-0.3, -0.25) is 4.79 Å². The maximum atomic E-state index is 10.4. The first-order valence-corrected chi connectivity index (χ1v) is 3.84. The third-order valence-electron chi connectivity index (χ3n) is 1.92. The largest absolute Gasteiger partial charge is 0.352 e. The molecule has 2 nitrogen and oxygen atoms in total. The fourth-order valence-corrected chi connectivity index (χ4v) is 1.34. The number of aromatic nitrogens is 1. The average Bonchev–Trinajstić information content (AvgIpc) is 2.46. The van der Waals surface area contributed by atoms with Crippen molar-refractivity contribution in [1.29, 1.82) is 0 Å². The highest BCUT2D eigenvalue weighted by molar-refractivity contribution is 6.33. The molecule has 1 aromatic carbocycles. The zero-order valence-corrected chi connectivity index (χ0v) is 6.79. The van der Waals surface area contributed by atoms with Crippen LogP contribution in [-0.4, -0.2) is 19.1 Å². The number of fused-ring (bicyclic) bond motifs is 1. The first kappa shape index (κ1) is 7.16. The monoisotopic (exact) mass is 157 g/mol. The smallest absolute Gasteiger partial charge is 0.166 e. The molecule has 2 rings (SSSR count). The molecule has 0 saturated carbocycles. The number of hydrogen-bond acceptors (Lipinski definition) is 1. The minimum Gasteiger partial charge on any atom is -0.352 e. The Morgan fingerprint density at radius 3 is 2.92 bits per heavy atom. The molecule has 0 bridgehead atoms. The topological polar surface area (TPSA) is 32.9 Å². The van der Waals surface area contributed by atoms with Gasteiger partial charge in [-0.05, 0) is 17.5 Å². The quantitative estimate of drug-likeness (QED) is 0.466. The van der Waals surface area contributed by atoms with E-state index in [-0.39, 0.29) is 0 Å². The minimum absolute atomic E-state index is 0.635. The molecule has 0 atom stereocenters. The molecule has 1 N–H and O–H groups in total. The molecule has 0 saturated heterocycles. The van der Waals surface area contributed by atoms with Crippen LogP contribution in [0.4, 0.5) is 0 Å². The van der Waals surface area contributed by atoms with Crippen LogP contribution >= 0.6 is 0 Å². The van der Waals surface area contributed by atoms with Gasteiger partial charge in [-0.15, -0.1) is 0 Å². The zero-order chi connectivity index (χ0) is 8.55. The molecule has 3 heteroatoms. The van der Waals surface area contributed by atoms with Crippen LogP contribution in [0.5, 0.6) is 0 Å². The van der Waals surface area contributed by atoms with E-state index >= 15 is 0 Å². The lowest BCUT2D eigenvalue weighted by molar-refractivity contribution is 0.112. The van der Waals surface area contributed by atoms with Gasteiger partial charge in [-0.2, -0.15) is 0 Å². The van der Waals surface area contributed by atoms with E-state index in [0.717, 1.165) is 17.2 Å². The molecule has 0 radical (unpaired) electrons. The van der Waals surface area contributed by atoms with Crippen LogP contribution in [0.1, 0.15) is 10.5 Å². The maximum Gasteiger partial charge on any atom is 0.166 e. The highest BCUT2D eigenvalue weighted by atomic mass is 16.1. The van der Waals surface area contributed by atoms with E-state index in [1.165, 1.54) is 5.46 Å². The Kier molecular flexibility index (Phi) is 1.50. The third kappa shape index (κ3) is 1.03. The Morgan fingerprint density at radius 2 is 2.17 bits per heavy atom. The van der Waals surface area contributed by atoms with Crippen LogP contribution in [0.25, 0.3) is 10.9 Å². The number of H-pyrrole nitrogens is 1. The van der Waals surface area contributed by atoms with Crippen molar-refractivity contribution in [2.45, 2.75) is 0 Å². The standard InChI is InChI=1S/C9H8BNO/c10-7-1-2-9-6(3-7)4-8(5-12)11-9/h1-5,11H,10H2. The average molecular weight is 157 g/mol. The zero-order valence-electron chi connectivity index (χ0n) is 6.79. The van der Waals surface area contributed by atoms with Crippen molar-refractivity contribution in [2.75, 3.05) is 0 Å². The summed E-state index contributed by atoms with van der Waals surface area (Å²) in [6.45, 7) is 0. The number of benzene rings is 1. The van der Waals surface area contributed by atoms with E-state index in [1.54, 1.807) is 0 Å². The summed E-state index contributed by atoms with van der Waals surface area (Å²) >= 11 is 0. The summed E-state index contributed by atoms with van der Waals surface area (Å²) in [6.07, 6.45) is 0.829. The van der Waals surface area contributed by atoms with Gasteiger partial charge in [0.05, 0.1) is 5.69 Å². The van der Waals surface area contributed by atoms with Crippen molar-refractivity contribution >= 4 is 30.5 Å². The van der Waals surface area contributed by atoms with Crippen LogP contribution in [0, 0.1) is 0 Å². The molecule has 2 aromatic rings. The molecule has 0 amide bonds. The predicted molar refractivity (Wildman–Crippen MR) is 51.9 cm³/mol. The van der Waals surface area contributed by atoms with Crippen LogP contribution in [0.3, 0.4) is 0 Å². The van der Waals surface area contributed by atoms with Crippen molar-refractivity contribution < 1.29 is 4.79 Å². The van der Waals surface area contributed by atoms with Gasteiger partial charge in [0.15, 0.2) is 6.29 Å². The highest BCUT2D eigenvalue weighted by Gasteiger charge is 1.98. The van der Waals surface area contributed by atoms with Gasteiger partial charge in [-0.25, -0.2) is 0 Å².